The van der Waals surface area contributed by atoms with Crippen molar-refractivity contribution in [1.29, 1.82) is 0 Å². The first-order valence-electron chi connectivity index (χ1n) is 6.05. The fourth-order valence-electron chi connectivity index (χ4n) is 2.14. The normalized spacial score (nSPS) is 14.4. The predicted molar refractivity (Wildman–Crippen MR) is 72.6 cm³/mol. The van der Waals surface area contributed by atoms with E-state index in [2.05, 4.69) is 4.99 Å². The maximum Gasteiger partial charge on any atom is 0.158 e. The van der Waals surface area contributed by atoms with E-state index in [1.54, 1.807) is 18.4 Å². The van der Waals surface area contributed by atoms with Crippen molar-refractivity contribution in [2.45, 2.75) is 6.42 Å². The average molecular weight is 255 g/mol. The first-order valence-corrected chi connectivity index (χ1v) is 6.05. The van der Waals surface area contributed by atoms with E-state index in [4.69, 9.17) is 4.42 Å². The molecule has 0 bridgehead atoms. The van der Waals surface area contributed by atoms with Crippen LogP contribution in [-0.4, -0.2) is 22.5 Å². The highest BCUT2D eigenvalue weighted by atomic mass is 16.3. The van der Waals surface area contributed by atoms with Gasteiger partial charge in [-0.2, -0.15) is 0 Å². The summed E-state index contributed by atoms with van der Waals surface area (Å²) >= 11 is 0. The molecular formula is C15H13NO3. The van der Waals surface area contributed by atoms with E-state index in [-0.39, 0.29) is 11.5 Å². The molecule has 96 valence electrons. The third-order valence-corrected chi connectivity index (χ3v) is 3.09. The zero-order valence-corrected chi connectivity index (χ0v) is 10.2. The molecule has 19 heavy (non-hydrogen) atoms. The van der Waals surface area contributed by atoms with Gasteiger partial charge in [-0.25, -0.2) is 0 Å². The second-order valence-electron chi connectivity index (χ2n) is 4.36. The number of hydrogen-bond acceptors (Lipinski definition) is 4. The molecule has 0 spiro atoms. The number of phenolic OH excluding ortho intramolecular Hbond substituents is 2. The van der Waals surface area contributed by atoms with Crippen molar-refractivity contribution in [3.05, 3.63) is 53.5 Å². The van der Waals surface area contributed by atoms with Crippen LogP contribution in [-0.2, 0) is 6.42 Å². The van der Waals surface area contributed by atoms with Gasteiger partial charge in [0.1, 0.15) is 5.76 Å². The molecule has 0 aliphatic carbocycles. The van der Waals surface area contributed by atoms with Gasteiger partial charge >= 0.3 is 0 Å². The molecule has 0 atom stereocenters. The zero-order valence-electron chi connectivity index (χ0n) is 10.2. The molecule has 0 saturated carbocycles. The summed E-state index contributed by atoms with van der Waals surface area (Å²) in [5.74, 6) is 0.535. The van der Waals surface area contributed by atoms with E-state index in [9.17, 15) is 10.2 Å². The minimum atomic E-state index is -0.125. The predicted octanol–water partition coefficient (Wildman–Crippen LogP) is 2.75. The number of furan rings is 1. The van der Waals surface area contributed by atoms with Crippen molar-refractivity contribution in [2.75, 3.05) is 6.54 Å². The summed E-state index contributed by atoms with van der Waals surface area (Å²) in [7, 11) is 0. The Balaban J connectivity index is 1.97. The lowest BCUT2D eigenvalue weighted by atomic mass is 9.96. The van der Waals surface area contributed by atoms with Gasteiger partial charge in [0.2, 0.25) is 0 Å². The molecular weight excluding hydrogens is 242 g/mol. The summed E-state index contributed by atoms with van der Waals surface area (Å²) in [6.07, 6.45) is 6.06. The summed E-state index contributed by atoms with van der Waals surface area (Å²) in [4.78, 5) is 4.44. The molecule has 3 rings (SSSR count). The van der Waals surface area contributed by atoms with Gasteiger partial charge in [0.25, 0.3) is 0 Å². The van der Waals surface area contributed by atoms with Gasteiger partial charge in [-0.15, -0.1) is 0 Å². The number of benzene rings is 1. The largest absolute Gasteiger partial charge is 0.504 e. The van der Waals surface area contributed by atoms with Crippen LogP contribution in [0.3, 0.4) is 0 Å². The van der Waals surface area contributed by atoms with Crippen LogP contribution in [0.25, 0.3) is 6.08 Å². The van der Waals surface area contributed by atoms with E-state index in [0.29, 0.717) is 6.54 Å². The summed E-state index contributed by atoms with van der Waals surface area (Å²) in [6, 6.07) is 6.82. The Kier molecular flexibility index (Phi) is 2.83. The monoisotopic (exact) mass is 255 g/mol. The molecule has 2 aromatic rings. The van der Waals surface area contributed by atoms with Gasteiger partial charge in [-0.3, -0.25) is 4.99 Å². The van der Waals surface area contributed by atoms with Gasteiger partial charge in [0.05, 0.1) is 12.0 Å². The molecule has 1 aromatic carbocycles. The second kappa shape index (κ2) is 4.65. The number of aromatic hydroxyl groups is 2. The first kappa shape index (κ1) is 11.6. The summed E-state index contributed by atoms with van der Waals surface area (Å²) in [6.45, 7) is 0.676. The minimum Gasteiger partial charge on any atom is -0.504 e. The molecule has 1 aromatic heterocycles. The molecule has 4 nitrogen and oxygen atoms in total. The molecule has 0 saturated heterocycles. The van der Waals surface area contributed by atoms with Crippen LogP contribution >= 0.6 is 0 Å². The van der Waals surface area contributed by atoms with Gasteiger partial charge in [-0.1, -0.05) is 0 Å². The van der Waals surface area contributed by atoms with Crippen LogP contribution in [0.4, 0.5) is 0 Å². The lowest BCUT2D eigenvalue weighted by Gasteiger charge is -2.15. The highest BCUT2D eigenvalue weighted by molar-refractivity contribution is 6.12. The van der Waals surface area contributed by atoms with Crippen LogP contribution in [0, 0.1) is 0 Å². The van der Waals surface area contributed by atoms with E-state index >= 15 is 0 Å². The van der Waals surface area contributed by atoms with Crippen LogP contribution in [0.15, 0.2) is 46.0 Å². The van der Waals surface area contributed by atoms with E-state index in [0.717, 1.165) is 29.0 Å². The third-order valence-electron chi connectivity index (χ3n) is 3.09. The van der Waals surface area contributed by atoms with E-state index in [1.807, 2.05) is 24.3 Å². The molecule has 4 heteroatoms. The Hall–Kier alpha value is -2.49. The van der Waals surface area contributed by atoms with E-state index in [1.165, 1.54) is 0 Å². The van der Waals surface area contributed by atoms with Crippen molar-refractivity contribution in [3.8, 4) is 11.5 Å². The highest BCUT2D eigenvalue weighted by Crippen LogP contribution is 2.30. The lowest BCUT2D eigenvalue weighted by Crippen LogP contribution is -2.10. The molecule has 1 aliphatic heterocycles. The number of rotatable bonds is 2. The zero-order chi connectivity index (χ0) is 13.2. The lowest BCUT2D eigenvalue weighted by molar-refractivity contribution is 0.403. The van der Waals surface area contributed by atoms with Crippen molar-refractivity contribution in [1.82, 2.24) is 0 Å². The first-order chi connectivity index (χ1) is 9.24. The number of allylic oxidation sites excluding steroid dienone is 1. The number of fused-ring (bicyclic) bond motifs is 1. The standard InChI is InChI=1S/C15H13NO3/c17-14-8-10-5-6-16-13(12(10)9-15(14)18)4-3-11-2-1-7-19-11/h1-4,7-9,17-18H,5-6H2. The topological polar surface area (TPSA) is 66.0 Å². The number of nitrogens with zero attached hydrogens (tertiary/aromatic N) is 1. The van der Waals surface area contributed by atoms with Gasteiger partial charge in [0, 0.05) is 12.1 Å². The Morgan fingerprint density at radius 1 is 1.16 bits per heavy atom. The minimum absolute atomic E-state index is 0.0879. The number of hydrogen-bond donors (Lipinski definition) is 2. The van der Waals surface area contributed by atoms with Gasteiger partial charge in [-0.05, 0) is 48.4 Å². The number of phenols is 2. The maximum absolute atomic E-state index is 9.60. The SMILES string of the molecule is Oc1cc2c(cc1O)C(C=Cc1ccco1)=NCC2. The van der Waals surface area contributed by atoms with Crippen LogP contribution in [0.1, 0.15) is 16.9 Å². The van der Waals surface area contributed by atoms with Crippen molar-refractivity contribution in [3.63, 3.8) is 0 Å². The fourth-order valence-corrected chi connectivity index (χ4v) is 2.14. The summed E-state index contributed by atoms with van der Waals surface area (Å²) in [5, 5.41) is 19.1. The quantitative estimate of drug-likeness (QED) is 0.811. The summed E-state index contributed by atoms with van der Waals surface area (Å²) < 4.78 is 5.22. The highest BCUT2D eigenvalue weighted by Gasteiger charge is 2.15. The van der Waals surface area contributed by atoms with E-state index < -0.39 is 0 Å². The Bertz CT molecular complexity index is 654. The maximum atomic E-state index is 9.60. The van der Waals surface area contributed by atoms with Crippen molar-refractivity contribution >= 4 is 11.8 Å². The summed E-state index contributed by atoms with van der Waals surface area (Å²) in [5.41, 5.74) is 2.63. The second-order valence-corrected chi connectivity index (χ2v) is 4.36. The Morgan fingerprint density at radius 3 is 2.79 bits per heavy atom. The molecule has 2 heterocycles. The third kappa shape index (κ3) is 2.25. The molecule has 1 aliphatic rings. The molecule has 0 unspecified atom stereocenters. The number of aliphatic imine (C=N–C) groups is 1. The smallest absolute Gasteiger partial charge is 0.158 e. The van der Waals surface area contributed by atoms with Crippen molar-refractivity contribution < 1.29 is 14.6 Å². The van der Waals surface area contributed by atoms with Gasteiger partial charge < -0.3 is 14.6 Å². The van der Waals surface area contributed by atoms with Gasteiger partial charge in [0.15, 0.2) is 11.5 Å². The van der Waals surface area contributed by atoms with Crippen LogP contribution in [0.5, 0.6) is 11.5 Å². The molecule has 0 amide bonds. The fraction of sp³-hybridized carbons (Fsp3) is 0.133. The molecule has 0 fully saturated rings. The molecule has 2 N–H and O–H groups in total. The van der Waals surface area contributed by atoms with Crippen LogP contribution < -0.4 is 0 Å². The average Bonchev–Trinajstić information content (AvgIpc) is 2.91. The molecule has 0 radical (unpaired) electrons. The Labute approximate surface area is 110 Å². The van der Waals surface area contributed by atoms with Crippen molar-refractivity contribution in [2.24, 2.45) is 4.99 Å². The van der Waals surface area contributed by atoms with Crippen LogP contribution in [0.2, 0.25) is 0 Å². The Morgan fingerprint density at radius 2 is 2.00 bits per heavy atom.